The molecule has 0 unspecified atom stereocenters. The number of carbonyl (C=O) groups excluding carboxylic acids is 1. The van der Waals surface area contributed by atoms with Gasteiger partial charge >= 0.3 is 0 Å². The second kappa shape index (κ2) is 7.23. The van der Waals surface area contributed by atoms with Crippen LogP contribution in [-0.4, -0.2) is 23.8 Å². The molecule has 3 heteroatoms. The van der Waals surface area contributed by atoms with Gasteiger partial charge in [0.05, 0.1) is 12.8 Å². The molecule has 1 heterocycles. The van der Waals surface area contributed by atoms with Gasteiger partial charge in [0.15, 0.2) is 5.78 Å². The predicted molar refractivity (Wildman–Crippen MR) is 84.5 cm³/mol. The lowest BCUT2D eigenvalue weighted by molar-refractivity contribution is 0.0961. The van der Waals surface area contributed by atoms with Crippen molar-refractivity contribution in [2.75, 3.05) is 13.1 Å². The van der Waals surface area contributed by atoms with E-state index in [1.165, 1.54) is 0 Å². The largest absolute Gasteiger partial charge is 0.468 e. The second-order valence-electron chi connectivity index (χ2n) is 5.50. The third-order valence-corrected chi connectivity index (χ3v) is 3.61. The minimum absolute atomic E-state index is 0.208. The summed E-state index contributed by atoms with van der Waals surface area (Å²) in [6.45, 7) is 8.57. The van der Waals surface area contributed by atoms with Crippen LogP contribution in [0.1, 0.15) is 40.6 Å². The lowest BCUT2D eigenvalue weighted by atomic mass is 10.0. The van der Waals surface area contributed by atoms with Crippen LogP contribution in [0.5, 0.6) is 0 Å². The maximum Gasteiger partial charge on any atom is 0.164 e. The zero-order valence-electron chi connectivity index (χ0n) is 13.1. The molecule has 0 saturated heterocycles. The van der Waals surface area contributed by atoms with Crippen molar-refractivity contribution in [2.45, 2.75) is 33.7 Å². The number of hydrogen-bond donors (Lipinski definition) is 0. The first-order valence-corrected chi connectivity index (χ1v) is 7.44. The number of Topliss-reactive ketones (excluding diaryl/α,β-unsaturated/α-hetero) is 1. The van der Waals surface area contributed by atoms with E-state index in [2.05, 4.69) is 17.9 Å². The Bertz CT molecular complexity index is 567. The van der Waals surface area contributed by atoms with Crippen molar-refractivity contribution in [1.82, 2.24) is 4.90 Å². The molecule has 0 atom stereocenters. The summed E-state index contributed by atoms with van der Waals surface area (Å²) in [5.41, 5.74) is 3.10. The van der Waals surface area contributed by atoms with Crippen LogP contribution < -0.4 is 0 Å². The van der Waals surface area contributed by atoms with Gasteiger partial charge in [0.1, 0.15) is 5.76 Å². The fraction of sp³-hybridized carbons (Fsp3) is 0.389. The summed E-state index contributed by atoms with van der Waals surface area (Å²) in [6.07, 6.45) is 2.22. The first kappa shape index (κ1) is 15.5. The first-order chi connectivity index (χ1) is 10.1. The van der Waals surface area contributed by atoms with Crippen molar-refractivity contribution in [3.8, 4) is 0 Å². The SMILES string of the molecule is CCN(CCC(=O)c1cc(C)cc(C)c1)Cc1ccco1. The number of ketones is 1. The van der Waals surface area contributed by atoms with Crippen molar-refractivity contribution < 1.29 is 9.21 Å². The molecule has 21 heavy (non-hydrogen) atoms. The molecule has 1 aromatic carbocycles. The van der Waals surface area contributed by atoms with Gasteiger partial charge in [-0.15, -0.1) is 0 Å². The van der Waals surface area contributed by atoms with E-state index >= 15 is 0 Å². The van der Waals surface area contributed by atoms with Gasteiger partial charge in [-0.05, 0) is 44.7 Å². The fourth-order valence-electron chi connectivity index (χ4n) is 2.51. The molecular weight excluding hydrogens is 262 g/mol. The van der Waals surface area contributed by atoms with E-state index in [0.717, 1.165) is 42.1 Å². The highest BCUT2D eigenvalue weighted by atomic mass is 16.3. The molecular formula is C18H23NO2. The summed E-state index contributed by atoms with van der Waals surface area (Å²) in [4.78, 5) is 14.5. The van der Waals surface area contributed by atoms with Crippen molar-refractivity contribution in [3.05, 3.63) is 59.0 Å². The average molecular weight is 285 g/mol. The molecule has 3 nitrogen and oxygen atoms in total. The zero-order chi connectivity index (χ0) is 15.2. The first-order valence-electron chi connectivity index (χ1n) is 7.44. The van der Waals surface area contributed by atoms with Gasteiger partial charge in [-0.2, -0.15) is 0 Å². The van der Waals surface area contributed by atoms with Crippen LogP contribution in [0.3, 0.4) is 0 Å². The van der Waals surface area contributed by atoms with E-state index in [0.29, 0.717) is 6.42 Å². The molecule has 0 radical (unpaired) electrons. The number of benzene rings is 1. The highest BCUT2D eigenvalue weighted by molar-refractivity contribution is 5.96. The summed E-state index contributed by atoms with van der Waals surface area (Å²) in [5, 5.41) is 0. The number of furan rings is 1. The van der Waals surface area contributed by atoms with E-state index in [4.69, 9.17) is 4.42 Å². The zero-order valence-corrected chi connectivity index (χ0v) is 13.1. The van der Waals surface area contributed by atoms with Gasteiger partial charge in [0, 0.05) is 18.5 Å². The van der Waals surface area contributed by atoms with E-state index < -0.39 is 0 Å². The van der Waals surface area contributed by atoms with Gasteiger partial charge in [-0.1, -0.05) is 24.1 Å². The predicted octanol–water partition coefficient (Wildman–Crippen LogP) is 3.99. The number of nitrogens with zero attached hydrogens (tertiary/aromatic N) is 1. The van der Waals surface area contributed by atoms with Crippen LogP contribution in [0.15, 0.2) is 41.0 Å². The monoisotopic (exact) mass is 285 g/mol. The van der Waals surface area contributed by atoms with Crippen molar-refractivity contribution >= 4 is 5.78 Å². The Morgan fingerprint density at radius 2 is 1.90 bits per heavy atom. The maximum absolute atomic E-state index is 12.3. The Morgan fingerprint density at radius 1 is 1.19 bits per heavy atom. The van der Waals surface area contributed by atoms with Gasteiger partial charge in [-0.25, -0.2) is 0 Å². The van der Waals surface area contributed by atoms with Crippen LogP contribution in [-0.2, 0) is 6.54 Å². The Hall–Kier alpha value is -1.87. The van der Waals surface area contributed by atoms with Crippen LogP contribution in [0.2, 0.25) is 0 Å². The Labute approximate surface area is 126 Å². The summed E-state index contributed by atoms with van der Waals surface area (Å²) in [7, 11) is 0. The smallest absolute Gasteiger partial charge is 0.164 e. The molecule has 2 aromatic rings. The Kier molecular flexibility index (Phi) is 5.34. The van der Waals surface area contributed by atoms with Crippen molar-refractivity contribution in [1.29, 1.82) is 0 Å². The lowest BCUT2D eigenvalue weighted by Gasteiger charge is -2.18. The summed E-state index contributed by atoms with van der Waals surface area (Å²) < 4.78 is 5.36. The highest BCUT2D eigenvalue weighted by Gasteiger charge is 2.11. The molecule has 1 aromatic heterocycles. The standard InChI is InChI=1S/C18H23NO2/c1-4-19(13-17-6-5-9-21-17)8-7-18(20)16-11-14(2)10-15(3)12-16/h5-6,9-12H,4,7-8,13H2,1-3H3. The Balaban J connectivity index is 1.92. The molecule has 0 aliphatic carbocycles. The molecule has 0 bridgehead atoms. The fourth-order valence-corrected chi connectivity index (χ4v) is 2.51. The minimum atomic E-state index is 0.208. The molecule has 0 N–H and O–H groups in total. The summed E-state index contributed by atoms with van der Waals surface area (Å²) in [5.74, 6) is 1.15. The van der Waals surface area contributed by atoms with E-state index in [1.807, 2.05) is 38.1 Å². The minimum Gasteiger partial charge on any atom is -0.468 e. The van der Waals surface area contributed by atoms with Gasteiger partial charge in [0.2, 0.25) is 0 Å². The number of carbonyl (C=O) groups is 1. The molecule has 0 spiro atoms. The quantitative estimate of drug-likeness (QED) is 0.721. The van der Waals surface area contributed by atoms with Crippen molar-refractivity contribution in [3.63, 3.8) is 0 Å². The molecule has 112 valence electrons. The topological polar surface area (TPSA) is 33.5 Å². The van der Waals surface area contributed by atoms with Gasteiger partial charge < -0.3 is 4.42 Å². The summed E-state index contributed by atoms with van der Waals surface area (Å²) >= 11 is 0. The lowest BCUT2D eigenvalue weighted by Crippen LogP contribution is -2.25. The van der Waals surface area contributed by atoms with Crippen LogP contribution >= 0.6 is 0 Å². The van der Waals surface area contributed by atoms with Crippen LogP contribution in [0, 0.1) is 13.8 Å². The van der Waals surface area contributed by atoms with E-state index in [-0.39, 0.29) is 5.78 Å². The van der Waals surface area contributed by atoms with Gasteiger partial charge in [0.25, 0.3) is 0 Å². The summed E-state index contributed by atoms with van der Waals surface area (Å²) in [6, 6.07) is 9.89. The molecule has 0 saturated carbocycles. The van der Waals surface area contributed by atoms with Crippen molar-refractivity contribution in [2.24, 2.45) is 0 Å². The molecule has 0 amide bonds. The second-order valence-corrected chi connectivity index (χ2v) is 5.50. The molecule has 0 aliphatic heterocycles. The van der Waals surface area contributed by atoms with Crippen LogP contribution in [0.25, 0.3) is 0 Å². The number of hydrogen-bond acceptors (Lipinski definition) is 3. The molecule has 2 rings (SSSR count). The Morgan fingerprint density at radius 3 is 2.48 bits per heavy atom. The molecule has 0 aliphatic rings. The van der Waals surface area contributed by atoms with E-state index in [9.17, 15) is 4.79 Å². The van der Waals surface area contributed by atoms with Gasteiger partial charge in [-0.3, -0.25) is 9.69 Å². The maximum atomic E-state index is 12.3. The normalized spacial score (nSPS) is 11.0. The highest BCUT2D eigenvalue weighted by Crippen LogP contribution is 2.12. The third-order valence-electron chi connectivity index (χ3n) is 3.61. The molecule has 0 fully saturated rings. The third kappa shape index (κ3) is 4.57. The number of aryl methyl sites for hydroxylation is 2. The van der Waals surface area contributed by atoms with Crippen LogP contribution in [0.4, 0.5) is 0 Å². The average Bonchev–Trinajstić information content (AvgIpc) is 2.94. The van der Waals surface area contributed by atoms with E-state index in [1.54, 1.807) is 6.26 Å². The number of rotatable bonds is 7.